The van der Waals surface area contributed by atoms with Gasteiger partial charge in [-0.1, -0.05) is 19.3 Å². The first kappa shape index (κ1) is 18.5. The Morgan fingerprint density at radius 1 is 1.19 bits per heavy atom. The van der Waals surface area contributed by atoms with E-state index in [0.29, 0.717) is 12.4 Å². The van der Waals surface area contributed by atoms with Gasteiger partial charge < -0.3 is 9.47 Å². The van der Waals surface area contributed by atoms with Gasteiger partial charge in [-0.15, -0.1) is 0 Å². The topological polar surface area (TPSA) is 57.5 Å². The molecule has 1 aliphatic rings. The van der Waals surface area contributed by atoms with Crippen LogP contribution in [-0.4, -0.2) is 30.2 Å². The van der Waals surface area contributed by atoms with Crippen molar-refractivity contribution < 1.29 is 19.1 Å². The first-order valence-corrected chi connectivity index (χ1v) is 9.44. The molecule has 0 N–H and O–H groups in total. The molecule has 1 saturated carbocycles. The van der Waals surface area contributed by atoms with Gasteiger partial charge in [-0.3, -0.25) is 14.2 Å². The summed E-state index contributed by atoms with van der Waals surface area (Å²) in [5.74, 6) is 0.649. The molecule has 26 heavy (non-hydrogen) atoms. The van der Waals surface area contributed by atoms with Gasteiger partial charge >= 0.3 is 5.97 Å². The van der Waals surface area contributed by atoms with Crippen LogP contribution in [0.5, 0.6) is 5.75 Å². The molecule has 1 aliphatic carbocycles. The molecule has 140 valence electrons. The molecule has 0 radical (unpaired) electrons. The highest BCUT2D eigenvalue weighted by molar-refractivity contribution is 5.99. The minimum absolute atomic E-state index is 0.0654. The van der Waals surface area contributed by atoms with E-state index in [1.54, 1.807) is 18.6 Å². The maximum Gasteiger partial charge on any atom is 0.310 e. The maximum absolute atomic E-state index is 13.2. The molecule has 0 amide bonds. The summed E-state index contributed by atoms with van der Waals surface area (Å²) >= 11 is 0. The van der Waals surface area contributed by atoms with Crippen molar-refractivity contribution in [2.75, 3.05) is 13.7 Å². The lowest BCUT2D eigenvalue weighted by atomic mass is 9.88. The van der Waals surface area contributed by atoms with E-state index in [0.717, 1.165) is 47.8 Å². The fourth-order valence-electron chi connectivity index (χ4n) is 3.98. The van der Waals surface area contributed by atoms with Crippen molar-refractivity contribution in [3.8, 4) is 5.75 Å². The summed E-state index contributed by atoms with van der Waals surface area (Å²) < 4.78 is 12.3. The van der Waals surface area contributed by atoms with Crippen molar-refractivity contribution in [2.24, 2.45) is 5.92 Å². The normalized spacial score (nSPS) is 15.2. The van der Waals surface area contributed by atoms with Gasteiger partial charge in [-0.25, -0.2) is 0 Å². The molecule has 3 rings (SSSR count). The summed E-state index contributed by atoms with van der Waals surface area (Å²) in [6.07, 6.45) is 5.48. The third-order valence-electron chi connectivity index (χ3n) is 5.34. The molecule has 1 heterocycles. The van der Waals surface area contributed by atoms with E-state index in [9.17, 15) is 9.59 Å². The Kier molecular flexibility index (Phi) is 5.64. The Morgan fingerprint density at radius 3 is 2.58 bits per heavy atom. The number of esters is 1. The van der Waals surface area contributed by atoms with Crippen molar-refractivity contribution in [3.63, 3.8) is 0 Å². The van der Waals surface area contributed by atoms with Crippen LogP contribution in [0.4, 0.5) is 0 Å². The number of carbonyl (C=O) groups is 2. The highest BCUT2D eigenvalue weighted by Crippen LogP contribution is 2.33. The molecule has 5 nitrogen and oxygen atoms in total. The van der Waals surface area contributed by atoms with Gasteiger partial charge in [0, 0.05) is 17.0 Å². The standard InChI is InChI=1S/C21H27NO4/c1-4-26-20(23)13-17-14(2)22(21(24)15-8-6-5-7-9-15)19-11-10-16(25-3)12-18(17)19/h10-12,15H,4-9,13H2,1-3H3. The lowest BCUT2D eigenvalue weighted by Gasteiger charge is -2.21. The monoisotopic (exact) mass is 357 g/mol. The van der Waals surface area contributed by atoms with E-state index >= 15 is 0 Å². The lowest BCUT2D eigenvalue weighted by Crippen LogP contribution is -2.24. The number of methoxy groups -OCH3 is 1. The van der Waals surface area contributed by atoms with E-state index < -0.39 is 0 Å². The number of carbonyl (C=O) groups excluding carboxylic acids is 2. The minimum atomic E-state index is -0.275. The van der Waals surface area contributed by atoms with Gasteiger partial charge in [-0.2, -0.15) is 0 Å². The molecule has 1 aromatic carbocycles. The van der Waals surface area contributed by atoms with Crippen LogP contribution in [0, 0.1) is 12.8 Å². The molecule has 5 heteroatoms. The average Bonchev–Trinajstić information content (AvgIpc) is 2.93. The van der Waals surface area contributed by atoms with Gasteiger partial charge in [0.15, 0.2) is 0 Å². The van der Waals surface area contributed by atoms with Crippen LogP contribution in [0.3, 0.4) is 0 Å². The zero-order chi connectivity index (χ0) is 18.7. The second kappa shape index (κ2) is 7.94. The number of hydrogen-bond acceptors (Lipinski definition) is 4. The molecule has 0 bridgehead atoms. The van der Waals surface area contributed by atoms with Gasteiger partial charge in [0.1, 0.15) is 5.75 Å². The third-order valence-corrected chi connectivity index (χ3v) is 5.34. The van der Waals surface area contributed by atoms with Crippen molar-refractivity contribution in [2.45, 2.75) is 52.4 Å². The van der Waals surface area contributed by atoms with Gasteiger partial charge in [-0.05, 0) is 50.5 Å². The van der Waals surface area contributed by atoms with E-state index in [4.69, 9.17) is 9.47 Å². The summed E-state index contributed by atoms with van der Waals surface area (Å²) in [6.45, 7) is 4.06. The van der Waals surface area contributed by atoms with Crippen LogP contribution in [-0.2, 0) is 16.0 Å². The molecule has 0 aliphatic heterocycles. The third kappa shape index (κ3) is 3.48. The Morgan fingerprint density at radius 2 is 1.92 bits per heavy atom. The fraction of sp³-hybridized carbons (Fsp3) is 0.524. The predicted molar refractivity (Wildman–Crippen MR) is 101 cm³/mol. The van der Waals surface area contributed by atoms with Crippen LogP contribution >= 0.6 is 0 Å². The first-order chi connectivity index (χ1) is 12.6. The van der Waals surface area contributed by atoms with Crippen molar-refractivity contribution in [3.05, 3.63) is 29.5 Å². The van der Waals surface area contributed by atoms with Crippen molar-refractivity contribution in [1.82, 2.24) is 4.57 Å². The number of hydrogen-bond donors (Lipinski definition) is 0. The van der Waals surface area contributed by atoms with E-state index in [1.165, 1.54) is 6.42 Å². The highest BCUT2D eigenvalue weighted by atomic mass is 16.5. The molecule has 0 atom stereocenters. The largest absolute Gasteiger partial charge is 0.497 e. The van der Waals surface area contributed by atoms with Crippen LogP contribution < -0.4 is 4.74 Å². The smallest absolute Gasteiger partial charge is 0.310 e. The van der Waals surface area contributed by atoms with E-state index in [-0.39, 0.29) is 24.2 Å². The number of benzene rings is 1. The highest BCUT2D eigenvalue weighted by Gasteiger charge is 2.27. The second-order valence-corrected chi connectivity index (χ2v) is 6.94. The predicted octanol–water partition coefficient (Wildman–Crippen LogP) is 4.28. The summed E-state index contributed by atoms with van der Waals surface area (Å²) in [7, 11) is 1.61. The zero-order valence-corrected chi connectivity index (χ0v) is 15.8. The molecule has 0 spiro atoms. The van der Waals surface area contributed by atoms with Crippen molar-refractivity contribution in [1.29, 1.82) is 0 Å². The summed E-state index contributed by atoms with van der Waals surface area (Å²) in [5.41, 5.74) is 2.52. The number of fused-ring (bicyclic) bond motifs is 1. The summed E-state index contributed by atoms with van der Waals surface area (Å²) in [4.78, 5) is 25.3. The Bertz CT molecular complexity index is 815. The summed E-state index contributed by atoms with van der Waals surface area (Å²) in [5, 5.41) is 0.888. The molecule has 0 saturated heterocycles. The molecule has 2 aromatic rings. The van der Waals surface area contributed by atoms with Crippen molar-refractivity contribution >= 4 is 22.8 Å². The van der Waals surface area contributed by atoms with Gasteiger partial charge in [0.25, 0.3) is 0 Å². The quantitative estimate of drug-likeness (QED) is 0.749. The molecule has 1 fully saturated rings. The first-order valence-electron chi connectivity index (χ1n) is 9.44. The SMILES string of the molecule is CCOC(=O)Cc1c(C)n(C(=O)C2CCCCC2)c2ccc(OC)cc12. The van der Waals surface area contributed by atoms with Crippen LogP contribution in [0.15, 0.2) is 18.2 Å². The van der Waals surface area contributed by atoms with E-state index in [2.05, 4.69) is 0 Å². The van der Waals surface area contributed by atoms with Crippen LogP contribution in [0.1, 0.15) is 55.1 Å². The van der Waals surface area contributed by atoms with Gasteiger partial charge in [0.05, 0.1) is 25.7 Å². The number of aromatic nitrogens is 1. The Hall–Kier alpha value is -2.30. The summed E-state index contributed by atoms with van der Waals surface area (Å²) in [6, 6.07) is 5.68. The Labute approximate surface area is 154 Å². The molecular formula is C21H27NO4. The second-order valence-electron chi connectivity index (χ2n) is 6.94. The fourth-order valence-corrected chi connectivity index (χ4v) is 3.98. The number of nitrogens with zero attached hydrogens (tertiary/aromatic N) is 1. The van der Waals surface area contributed by atoms with E-state index in [1.807, 2.05) is 25.1 Å². The van der Waals surface area contributed by atoms with Crippen LogP contribution in [0.2, 0.25) is 0 Å². The molecule has 1 aromatic heterocycles. The maximum atomic E-state index is 13.2. The minimum Gasteiger partial charge on any atom is -0.497 e. The number of rotatable bonds is 5. The zero-order valence-electron chi connectivity index (χ0n) is 15.8. The number of ether oxygens (including phenoxy) is 2. The van der Waals surface area contributed by atoms with Gasteiger partial charge in [0.2, 0.25) is 5.91 Å². The van der Waals surface area contributed by atoms with Crippen LogP contribution in [0.25, 0.3) is 10.9 Å². The molecular weight excluding hydrogens is 330 g/mol. The molecule has 0 unspecified atom stereocenters. The lowest BCUT2D eigenvalue weighted by molar-refractivity contribution is -0.142. The average molecular weight is 357 g/mol. The Balaban J connectivity index is 2.08.